The molecule has 0 saturated carbocycles. The normalized spacial score (nSPS) is 10.3. The molecule has 0 fully saturated rings. The second-order valence-corrected chi connectivity index (χ2v) is 4.59. The molecule has 0 aliphatic rings. The van der Waals surface area contributed by atoms with Gasteiger partial charge in [0.2, 0.25) is 0 Å². The molecule has 0 spiro atoms. The summed E-state index contributed by atoms with van der Waals surface area (Å²) < 4.78 is 5.66. The fourth-order valence-electron chi connectivity index (χ4n) is 1.37. The Morgan fingerprint density at radius 2 is 2.31 bits per heavy atom. The number of halogens is 1. The molecule has 0 saturated heterocycles. The van der Waals surface area contributed by atoms with Crippen LogP contribution >= 0.6 is 22.9 Å². The minimum atomic E-state index is 0.455. The van der Waals surface area contributed by atoms with Crippen molar-refractivity contribution in [1.29, 1.82) is 0 Å². The number of nitrogens with zero attached hydrogens (tertiary/aromatic N) is 1. The maximum Gasteiger partial charge on any atom is 0.141 e. The Kier molecular flexibility index (Phi) is 4.19. The molecule has 4 heteroatoms. The average molecular weight is 254 g/mol. The van der Waals surface area contributed by atoms with Gasteiger partial charge < -0.3 is 4.74 Å². The van der Waals surface area contributed by atoms with Gasteiger partial charge in [-0.05, 0) is 17.5 Å². The van der Waals surface area contributed by atoms with Crippen molar-refractivity contribution in [3.8, 4) is 5.75 Å². The topological polar surface area (TPSA) is 22.1 Å². The van der Waals surface area contributed by atoms with Gasteiger partial charge in [-0.1, -0.05) is 6.07 Å². The zero-order valence-electron chi connectivity index (χ0n) is 8.73. The lowest BCUT2D eigenvalue weighted by molar-refractivity contribution is 0.319. The van der Waals surface area contributed by atoms with E-state index in [1.54, 1.807) is 23.7 Å². The standard InChI is InChI=1S/C12H12ClNOS/c13-8-10-3-5-14-9-12(10)15-6-4-11-2-1-7-16-11/h1-3,5,7,9H,4,6,8H2. The molecule has 0 atom stereocenters. The third-order valence-corrected chi connectivity index (χ3v) is 3.42. The van der Waals surface area contributed by atoms with Gasteiger partial charge in [0.15, 0.2) is 0 Å². The summed E-state index contributed by atoms with van der Waals surface area (Å²) >= 11 is 7.55. The van der Waals surface area contributed by atoms with Crippen molar-refractivity contribution < 1.29 is 4.74 Å². The molecule has 0 radical (unpaired) electrons. The van der Waals surface area contributed by atoms with Crippen LogP contribution in [0, 0.1) is 0 Å². The Morgan fingerprint density at radius 1 is 1.38 bits per heavy atom. The van der Waals surface area contributed by atoms with Crippen LogP contribution in [0.3, 0.4) is 0 Å². The quantitative estimate of drug-likeness (QED) is 0.761. The SMILES string of the molecule is ClCc1ccncc1OCCc1cccs1. The first-order chi connectivity index (χ1) is 7.90. The van der Waals surface area contributed by atoms with Crippen LogP contribution in [0.1, 0.15) is 10.4 Å². The van der Waals surface area contributed by atoms with Crippen LogP contribution in [0.25, 0.3) is 0 Å². The third kappa shape index (κ3) is 2.97. The van der Waals surface area contributed by atoms with E-state index in [0.29, 0.717) is 12.5 Å². The van der Waals surface area contributed by atoms with E-state index in [9.17, 15) is 0 Å². The summed E-state index contributed by atoms with van der Waals surface area (Å²) in [5.74, 6) is 1.24. The lowest BCUT2D eigenvalue weighted by Crippen LogP contribution is -2.02. The second-order valence-electron chi connectivity index (χ2n) is 3.29. The first kappa shape index (κ1) is 11.4. The van der Waals surface area contributed by atoms with Gasteiger partial charge in [0.05, 0.1) is 18.7 Å². The van der Waals surface area contributed by atoms with Crippen molar-refractivity contribution in [2.75, 3.05) is 6.61 Å². The number of ether oxygens (including phenoxy) is 1. The monoisotopic (exact) mass is 253 g/mol. The van der Waals surface area contributed by atoms with Gasteiger partial charge in [-0.25, -0.2) is 0 Å². The predicted molar refractivity (Wildman–Crippen MR) is 67.3 cm³/mol. The molecular formula is C12H12ClNOS. The molecule has 2 heterocycles. The van der Waals surface area contributed by atoms with Gasteiger partial charge in [0, 0.05) is 23.1 Å². The third-order valence-electron chi connectivity index (χ3n) is 2.20. The van der Waals surface area contributed by atoms with E-state index in [1.807, 2.05) is 12.1 Å². The Morgan fingerprint density at radius 3 is 3.06 bits per heavy atom. The van der Waals surface area contributed by atoms with Crippen molar-refractivity contribution in [1.82, 2.24) is 4.98 Å². The molecule has 0 unspecified atom stereocenters. The summed E-state index contributed by atoms with van der Waals surface area (Å²) in [6.45, 7) is 0.663. The first-order valence-electron chi connectivity index (χ1n) is 5.04. The molecule has 0 bridgehead atoms. The van der Waals surface area contributed by atoms with E-state index in [0.717, 1.165) is 17.7 Å². The molecular weight excluding hydrogens is 242 g/mol. The minimum Gasteiger partial charge on any atom is -0.491 e. The average Bonchev–Trinajstić information content (AvgIpc) is 2.83. The van der Waals surface area contributed by atoms with Crippen molar-refractivity contribution in [3.05, 3.63) is 46.4 Å². The van der Waals surface area contributed by atoms with Gasteiger partial charge in [0.25, 0.3) is 0 Å². The molecule has 2 aromatic rings. The number of alkyl halides is 1. The molecule has 0 aliphatic heterocycles. The number of hydrogen-bond acceptors (Lipinski definition) is 3. The zero-order chi connectivity index (χ0) is 11.2. The van der Waals surface area contributed by atoms with Crippen LogP contribution in [-0.4, -0.2) is 11.6 Å². The van der Waals surface area contributed by atoms with E-state index >= 15 is 0 Å². The number of pyridine rings is 1. The molecule has 0 aliphatic carbocycles. The fraction of sp³-hybridized carbons (Fsp3) is 0.250. The van der Waals surface area contributed by atoms with Crippen LogP contribution in [0.15, 0.2) is 36.0 Å². The Bertz CT molecular complexity index is 430. The summed E-state index contributed by atoms with van der Waals surface area (Å²) in [6.07, 6.45) is 4.37. The maximum atomic E-state index is 5.80. The lowest BCUT2D eigenvalue weighted by atomic mass is 10.3. The Labute approximate surface area is 104 Å². The van der Waals surface area contributed by atoms with Crippen LogP contribution in [0.5, 0.6) is 5.75 Å². The highest BCUT2D eigenvalue weighted by molar-refractivity contribution is 7.09. The molecule has 84 valence electrons. The molecule has 16 heavy (non-hydrogen) atoms. The molecule has 2 nitrogen and oxygen atoms in total. The van der Waals surface area contributed by atoms with Crippen molar-refractivity contribution in [3.63, 3.8) is 0 Å². The maximum absolute atomic E-state index is 5.80. The summed E-state index contributed by atoms with van der Waals surface area (Å²) in [4.78, 5) is 5.36. The molecule has 2 aromatic heterocycles. The number of hydrogen-bond donors (Lipinski definition) is 0. The Balaban J connectivity index is 1.89. The Hall–Kier alpha value is -1.06. The summed E-state index contributed by atoms with van der Waals surface area (Å²) in [7, 11) is 0. The van der Waals surface area contributed by atoms with Crippen LogP contribution < -0.4 is 4.74 Å². The fourth-order valence-corrected chi connectivity index (χ4v) is 2.28. The predicted octanol–water partition coefficient (Wildman–Crippen LogP) is 3.50. The van der Waals surface area contributed by atoms with Gasteiger partial charge in [-0.2, -0.15) is 0 Å². The van der Waals surface area contributed by atoms with E-state index in [1.165, 1.54) is 4.88 Å². The zero-order valence-corrected chi connectivity index (χ0v) is 10.3. The molecule has 0 amide bonds. The van der Waals surface area contributed by atoms with Gasteiger partial charge in [-0.3, -0.25) is 4.98 Å². The van der Waals surface area contributed by atoms with Gasteiger partial charge >= 0.3 is 0 Å². The minimum absolute atomic E-state index is 0.455. The molecule has 0 N–H and O–H groups in total. The van der Waals surface area contributed by atoms with E-state index in [2.05, 4.69) is 16.4 Å². The molecule has 2 rings (SSSR count). The molecule has 0 aromatic carbocycles. The number of rotatable bonds is 5. The van der Waals surface area contributed by atoms with Crippen molar-refractivity contribution in [2.45, 2.75) is 12.3 Å². The highest BCUT2D eigenvalue weighted by atomic mass is 35.5. The highest BCUT2D eigenvalue weighted by Gasteiger charge is 2.02. The first-order valence-corrected chi connectivity index (χ1v) is 6.45. The lowest BCUT2D eigenvalue weighted by Gasteiger charge is -2.08. The van der Waals surface area contributed by atoms with Crippen LogP contribution in [0.2, 0.25) is 0 Å². The van der Waals surface area contributed by atoms with Crippen LogP contribution in [0.4, 0.5) is 0 Å². The smallest absolute Gasteiger partial charge is 0.141 e. The van der Waals surface area contributed by atoms with E-state index in [4.69, 9.17) is 16.3 Å². The van der Waals surface area contributed by atoms with E-state index in [-0.39, 0.29) is 0 Å². The highest BCUT2D eigenvalue weighted by Crippen LogP contribution is 2.19. The number of aromatic nitrogens is 1. The van der Waals surface area contributed by atoms with Crippen molar-refractivity contribution >= 4 is 22.9 Å². The largest absolute Gasteiger partial charge is 0.491 e. The van der Waals surface area contributed by atoms with Gasteiger partial charge in [0.1, 0.15) is 5.75 Å². The van der Waals surface area contributed by atoms with E-state index < -0.39 is 0 Å². The summed E-state index contributed by atoms with van der Waals surface area (Å²) in [6, 6.07) is 6.04. The van der Waals surface area contributed by atoms with Gasteiger partial charge in [-0.15, -0.1) is 22.9 Å². The summed E-state index contributed by atoms with van der Waals surface area (Å²) in [5.41, 5.74) is 0.989. The summed E-state index contributed by atoms with van der Waals surface area (Å²) in [5, 5.41) is 2.07. The number of thiophene rings is 1. The van der Waals surface area contributed by atoms with Crippen molar-refractivity contribution in [2.24, 2.45) is 0 Å². The second kappa shape index (κ2) is 5.87. The van der Waals surface area contributed by atoms with Crippen LogP contribution in [-0.2, 0) is 12.3 Å².